The molecule has 0 aliphatic rings. The van der Waals surface area contributed by atoms with Gasteiger partial charge in [-0.3, -0.25) is 4.79 Å². The summed E-state index contributed by atoms with van der Waals surface area (Å²) in [4.78, 5) is 12.3. The van der Waals surface area contributed by atoms with Gasteiger partial charge in [0.1, 0.15) is 5.60 Å². The maximum Gasteiger partial charge on any atom is 0.306 e. The molecular weight excluding hydrogens is 308 g/mol. The zero-order valence-corrected chi connectivity index (χ0v) is 18.5. The third kappa shape index (κ3) is 14.3. The smallest absolute Gasteiger partial charge is 0.306 e. The summed E-state index contributed by atoms with van der Waals surface area (Å²) in [5.41, 5.74) is -0.434. The molecule has 2 nitrogen and oxygen atoms in total. The zero-order chi connectivity index (χ0) is 20.5. The van der Waals surface area contributed by atoms with Gasteiger partial charge in [0.15, 0.2) is 0 Å². The van der Waals surface area contributed by atoms with E-state index in [9.17, 15) is 4.79 Å². The van der Waals surface area contributed by atoms with Crippen LogP contribution < -0.4 is 0 Å². The van der Waals surface area contributed by atoms with Crippen molar-refractivity contribution in [3.8, 4) is 0 Å². The van der Waals surface area contributed by atoms with Gasteiger partial charge in [-0.25, -0.2) is 0 Å². The summed E-state index contributed by atoms with van der Waals surface area (Å²) in [6.45, 7) is 19.2. The van der Waals surface area contributed by atoms with E-state index in [1.165, 1.54) is 19.3 Å². The molecule has 0 fully saturated rings. The lowest BCUT2D eigenvalue weighted by Crippen LogP contribution is -2.26. The lowest BCUT2D eigenvalue weighted by molar-refractivity contribution is -0.156. The second kappa shape index (κ2) is 12.0. The summed E-state index contributed by atoms with van der Waals surface area (Å²) in [5, 5.41) is 0. The Kier molecular flexibility index (Phi) is 10.8. The van der Waals surface area contributed by atoms with Crippen molar-refractivity contribution >= 4 is 5.97 Å². The van der Waals surface area contributed by atoms with Crippen LogP contribution in [0.15, 0.2) is 0 Å². The van der Waals surface area contributed by atoms with E-state index >= 15 is 0 Å². The minimum atomic E-state index is -0.434. The van der Waals surface area contributed by atoms with Crippen LogP contribution in [0.3, 0.4) is 0 Å². The maximum absolute atomic E-state index is 12.3. The molecule has 0 aromatic carbocycles. The Morgan fingerprint density at radius 1 is 0.960 bits per heavy atom. The fraction of sp³-hybridized carbons (Fsp3) is 0.957. The quantitative estimate of drug-likeness (QED) is 0.344. The van der Waals surface area contributed by atoms with Crippen LogP contribution in [0.5, 0.6) is 0 Å². The molecular formula is C23H46O2. The van der Waals surface area contributed by atoms with Crippen LogP contribution in [-0.4, -0.2) is 11.6 Å². The lowest BCUT2D eigenvalue weighted by atomic mass is 9.82. The number of rotatable bonds is 12. The second-order valence-corrected chi connectivity index (χ2v) is 9.80. The van der Waals surface area contributed by atoms with Gasteiger partial charge in [-0.15, -0.1) is 0 Å². The van der Waals surface area contributed by atoms with Gasteiger partial charge >= 0.3 is 5.97 Å². The van der Waals surface area contributed by atoms with E-state index in [0.717, 1.165) is 24.7 Å². The van der Waals surface area contributed by atoms with Gasteiger partial charge < -0.3 is 4.74 Å². The Morgan fingerprint density at radius 3 is 1.96 bits per heavy atom. The second-order valence-electron chi connectivity index (χ2n) is 9.80. The van der Waals surface area contributed by atoms with Gasteiger partial charge in [0.2, 0.25) is 0 Å². The minimum absolute atomic E-state index is 0.104. The molecule has 0 N–H and O–H groups in total. The fourth-order valence-electron chi connectivity index (χ4n) is 3.65. The summed E-state index contributed by atoms with van der Waals surface area (Å²) >= 11 is 0. The summed E-state index contributed by atoms with van der Waals surface area (Å²) < 4.78 is 13.9. The summed E-state index contributed by atoms with van der Waals surface area (Å²) in [6, 6.07) is 0. The molecule has 0 heterocycles. The maximum atomic E-state index is 12.3. The minimum Gasteiger partial charge on any atom is -0.460 e. The Hall–Kier alpha value is -0.530. The van der Waals surface area contributed by atoms with Crippen molar-refractivity contribution in [3.05, 3.63) is 0 Å². The first-order valence-corrected chi connectivity index (χ1v) is 10.5. The average Bonchev–Trinajstić information content (AvgIpc) is 2.43. The van der Waals surface area contributed by atoms with E-state index in [2.05, 4.69) is 41.5 Å². The number of hydrogen-bond donors (Lipinski definition) is 0. The third-order valence-electron chi connectivity index (χ3n) is 4.86. The molecule has 0 bridgehead atoms. The van der Waals surface area contributed by atoms with Crippen LogP contribution >= 0.6 is 0 Å². The molecule has 150 valence electrons. The van der Waals surface area contributed by atoms with Crippen LogP contribution in [0.1, 0.15) is 109 Å². The molecule has 5 unspecified atom stereocenters. The van der Waals surface area contributed by atoms with Crippen LogP contribution in [0, 0.1) is 29.6 Å². The Labute approximate surface area is 159 Å². The summed E-state index contributed by atoms with van der Waals surface area (Å²) in [7, 11) is 0. The normalized spacial score (nSPS) is 19.0. The number of carbonyl (C=O) groups is 1. The van der Waals surface area contributed by atoms with Crippen LogP contribution in [0.2, 0.25) is 0 Å². The predicted octanol–water partition coefficient (Wildman–Crippen LogP) is 7.26. The largest absolute Gasteiger partial charge is 0.460 e. The van der Waals surface area contributed by atoms with Crippen LogP contribution in [0.25, 0.3) is 0 Å². The van der Waals surface area contributed by atoms with Crippen molar-refractivity contribution in [2.45, 2.75) is 113 Å². The first-order valence-electron chi connectivity index (χ1n) is 11.1. The molecule has 0 spiro atoms. The fourth-order valence-corrected chi connectivity index (χ4v) is 3.65. The zero-order valence-electron chi connectivity index (χ0n) is 19.5. The molecule has 0 saturated carbocycles. The van der Waals surface area contributed by atoms with Crippen molar-refractivity contribution in [2.24, 2.45) is 29.6 Å². The topological polar surface area (TPSA) is 26.3 Å². The van der Waals surface area contributed by atoms with Gasteiger partial charge in [-0.2, -0.15) is 0 Å². The van der Waals surface area contributed by atoms with E-state index in [0.29, 0.717) is 18.3 Å². The molecule has 0 aromatic heterocycles. The van der Waals surface area contributed by atoms with Crippen LogP contribution in [-0.2, 0) is 9.53 Å². The van der Waals surface area contributed by atoms with E-state index < -0.39 is 5.60 Å². The van der Waals surface area contributed by atoms with Gasteiger partial charge in [0.05, 0.1) is 0 Å². The Bertz CT molecular complexity index is 386. The van der Waals surface area contributed by atoms with Gasteiger partial charge in [0.25, 0.3) is 0 Å². The SMILES string of the molecule is [3H]C(CC(CC(=O)OC(C)(C)C)CC(C)CC(C)CC(C)CC)C(C)C. The summed E-state index contributed by atoms with van der Waals surface area (Å²) in [5.74, 6) is 2.56. The Balaban J connectivity index is 4.75. The average molecular weight is 357 g/mol. The molecule has 0 rings (SSSR count). The van der Waals surface area contributed by atoms with Gasteiger partial charge in [0, 0.05) is 7.79 Å². The Morgan fingerprint density at radius 2 is 1.48 bits per heavy atom. The van der Waals surface area contributed by atoms with E-state index in [1.54, 1.807) is 0 Å². The highest BCUT2D eigenvalue weighted by Gasteiger charge is 2.23. The van der Waals surface area contributed by atoms with Gasteiger partial charge in [-0.1, -0.05) is 54.4 Å². The summed E-state index contributed by atoms with van der Waals surface area (Å²) in [6.07, 6.45) is 5.89. The van der Waals surface area contributed by atoms with Crippen molar-refractivity contribution in [1.82, 2.24) is 0 Å². The highest BCUT2D eigenvalue weighted by atomic mass is 16.6. The monoisotopic (exact) mass is 356 g/mol. The number of carbonyl (C=O) groups excluding carboxylic acids is 1. The molecule has 0 aliphatic carbocycles. The predicted molar refractivity (Wildman–Crippen MR) is 110 cm³/mol. The highest BCUT2D eigenvalue weighted by Crippen LogP contribution is 2.29. The number of esters is 1. The van der Waals surface area contributed by atoms with Crippen LogP contribution in [0.4, 0.5) is 0 Å². The van der Waals surface area contributed by atoms with E-state index in [4.69, 9.17) is 6.11 Å². The van der Waals surface area contributed by atoms with Crippen molar-refractivity contribution in [3.63, 3.8) is 0 Å². The molecule has 2 heteroatoms. The molecule has 0 amide bonds. The van der Waals surface area contributed by atoms with Crippen molar-refractivity contribution < 1.29 is 10.9 Å². The molecule has 5 atom stereocenters. The van der Waals surface area contributed by atoms with Crippen molar-refractivity contribution in [2.75, 3.05) is 0 Å². The third-order valence-corrected chi connectivity index (χ3v) is 4.86. The molecule has 0 radical (unpaired) electrons. The van der Waals surface area contributed by atoms with E-state index in [-0.39, 0.29) is 18.3 Å². The first kappa shape index (κ1) is 22.5. The molecule has 0 aliphatic heterocycles. The van der Waals surface area contributed by atoms with Gasteiger partial charge in [-0.05, 0) is 76.0 Å². The standard InChI is InChI=1S/C23H46O2/c1-10-18(4)13-19(5)14-20(6)15-21(12-11-17(2)3)16-22(24)25-23(7,8)9/h17-21H,10-16H2,1-9H3/i11T. The lowest BCUT2D eigenvalue weighted by Gasteiger charge is -2.26. The molecule has 25 heavy (non-hydrogen) atoms. The first-order chi connectivity index (χ1) is 11.8. The molecule has 0 saturated heterocycles. The van der Waals surface area contributed by atoms with E-state index in [1.807, 2.05) is 20.8 Å². The highest BCUT2D eigenvalue weighted by molar-refractivity contribution is 5.70. The molecule has 0 aromatic rings. The number of ether oxygens (including phenoxy) is 1. The van der Waals surface area contributed by atoms with Crippen molar-refractivity contribution in [1.29, 1.82) is 0 Å². The number of hydrogen-bond acceptors (Lipinski definition) is 2.